The zero-order valence-corrected chi connectivity index (χ0v) is 18.9. The van der Waals surface area contributed by atoms with Crippen LogP contribution >= 0.6 is 11.6 Å². The van der Waals surface area contributed by atoms with E-state index in [2.05, 4.69) is 16.4 Å². The van der Waals surface area contributed by atoms with Gasteiger partial charge in [-0.3, -0.25) is 4.79 Å². The van der Waals surface area contributed by atoms with Crippen molar-refractivity contribution in [1.82, 2.24) is 10.3 Å². The fourth-order valence-corrected chi connectivity index (χ4v) is 4.14. The topological polar surface area (TPSA) is 108 Å². The molecule has 0 atom stereocenters. The number of amides is 1. The SMILES string of the molecule is N#Cc1nc(-c2ccco2)oc1N1CCC(C(=O)NCc2ccc(-c3ccc(Cl)cc3)o2)CC1. The molecule has 5 rings (SSSR count). The number of hydrogen-bond acceptors (Lipinski definition) is 7. The lowest BCUT2D eigenvalue weighted by molar-refractivity contribution is -0.125. The molecule has 0 spiro atoms. The minimum absolute atomic E-state index is 0.0153. The minimum Gasteiger partial charge on any atom is -0.459 e. The molecule has 0 aliphatic carbocycles. The molecule has 0 radical (unpaired) electrons. The van der Waals surface area contributed by atoms with Gasteiger partial charge in [-0.25, -0.2) is 0 Å². The first-order chi connectivity index (χ1) is 16.6. The summed E-state index contributed by atoms with van der Waals surface area (Å²) in [6.07, 6.45) is 2.81. The third-order valence-corrected chi connectivity index (χ3v) is 6.08. The van der Waals surface area contributed by atoms with Crippen molar-refractivity contribution in [1.29, 1.82) is 5.26 Å². The van der Waals surface area contributed by atoms with Crippen LogP contribution in [0.5, 0.6) is 0 Å². The fourth-order valence-electron chi connectivity index (χ4n) is 4.01. The molecule has 1 aromatic carbocycles. The quantitative estimate of drug-likeness (QED) is 0.404. The lowest BCUT2D eigenvalue weighted by Gasteiger charge is -2.30. The number of halogens is 1. The largest absolute Gasteiger partial charge is 0.459 e. The Balaban J connectivity index is 1.16. The molecule has 34 heavy (non-hydrogen) atoms. The van der Waals surface area contributed by atoms with Crippen molar-refractivity contribution in [3.63, 3.8) is 0 Å². The molecule has 3 aromatic heterocycles. The van der Waals surface area contributed by atoms with Gasteiger partial charge in [0.05, 0.1) is 12.8 Å². The molecular formula is C25H21ClN4O4. The van der Waals surface area contributed by atoms with E-state index in [0.29, 0.717) is 54.9 Å². The molecule has 1 amide bonds. The number of nitrogens with one attached hydrogen (secondary N) is 1. The lowest BCUT2D eigenvalue weighted by Crippen LogP contribution is -2.40. The number of hydrogen-bond donors (Lipinski definition) is 1. The highest BCUT2D eigenvalue weighted by atomic mass is 35.5. The number of anilines is 1. The summed E-state index contributed by atoms with van der Waals surface area (Å²) < 4.78 is 17.0. The summed E-state index contributed by atoms with van der Waals surface area (Å²) in [5.41, 5.74) is 1.14. The first-order valence-electron chi connectivity index (χ1n) is 10.9. The second-order valence-electron chi connectivity index (χ2n) is 8.01. The van der Waals surface area contributed by atoms with Gasteiger partial charge in [-0.2, -0.15) is 10.2 Å². The third-order valence-electron chi connectivity index (χ3n) is 5.83. The molecule has 9 heteroatoms. The lowest BCUT2D eigenvalue weighted by atomic mass is 9.96. The van der Waals surface area contributed by atoms with Crippen molar-refractivity contribution in [3.8, 4) is 29.0 Å². The monoisotopic (exact) mass is 476 g/mol. The van der Waals surface area contributed by atoms with E-state index in [0.717, 1.165) is 11.3 Å². The van der Waals surface area contributed by atoms with Crippen LogP contribution in [-0.4, -0.2) is 24.0 Å². The first-order valence-corrected chi connectivity index (χ1v) is 11.3. The highest BCUT2D eigenvalue weighted by Crippen LogP contribution is 2.31. The van der Waals surface area contributed by atoms with Gasteiger partial charge in [-0.1, -0.05) is 11.6 Å². The van der Waals surface area contributed by atoms with Crippen LogP contribution in [0, 0.1) is 17.2 Å². The van der Waals surface area contributed by atoms with E-state index in [9.17, 15) is 10.1 Å². The van der Waals surface area contributed by atoms with Crippen LogP contribution < -0.4 is 10.2 Å². The number of nitrogens with zero attached hydrogens (tertiary/aromatic N) is 3. The van der Waals surface area contributed by atoms with Crippen molar-refractivity contribution >= 4 is 23.4 Å². The predicted octanol–water partition coefficient (Wildman–Crippen LogP) is 5.25. The molecule has 0 saturated carbocycles. The number of nitriles is 1. The Bertz CT molecular complexity index is 1310. The van der Waals surface area contributed by atoms with Gasteiger partial charge >= 0.3 is 0 Å². The van der Waals surface area contributed by atoms with E-state index >= 15 is 0 Å². The van der Waals surface area contributed by atoms with Gasteiger partial charge in [0, 0.05) is 29.6 Å². The second-order valence-corrected chi connectivity index (χ2v) is 8.45. The van der Waals surface area contributed by atoms with Crippen molar-refractivity contribution in [3.05, 3.63) is 71.3 Å². The van der Waals surface area contributed by atoms with Gasteiger partial charge in [0.2, 0.25) is 17.5 Å². The van der Waals surface area contributed by atoms with Crippen LogP contribution in [0.4, 0.5) is 5.88 Å². The Hall–Kier alpha value is -3.96. The molecule has 1 saturated heterocycles. The van der Waals surface area contributed by atoms with Gasteiger partial charge in [0.25, 0.3) is 5.89 Å². The molecule has 0 unspecified atom stereocenters. The normalized spacial score (nSPS) is 14.2. The van der Waals surface area contributed by atoms with Gasteiger partial charge in [0.1, 0.15) is 17.6 Å². The predicted molar refractivity (Wildman–Crippen MR) is 125 cm³/mol. The zero-order chi connectivity index (χ0) is 23.5. The highest BCUT2D eigenvalue weighted by molar-refractivity contribution is 6.30. The van der Waals surface area contributed by atoms with E-state index in [4.69, 9.17) is 24.9 Å². The summed E-state index contributed by atoms with van der Waals surface area (Å²) >= 11 is 5.94. The van der Waals surface area contributed by atoms with Crippen LogP contribution in [0.3, 0.4) is 0 Å². The Morgan fingerprint density at radius 1 is 1.12 bits per heavy atom. The number of rotatable bonds is 6. The van der Waals surface area contributed by atoms with Gasteiger partial charge in [0.15, 0.2) is 5.76 Å². The number of aromatic nitrogens is 1. The van der Waals surface area contributed by atoms with E-state index < -0.39 is 0 Å². The van der Waals surface area contributed by atoms with Crippen LogP contribution in [-0.2, 0) is 11.3 Å². The molecule has 1 aliphatic heterocycles. The smallest absolute Gasteiger partial charge is 0.266 e. The van der Waals surface area contributed by atoms with Crippen LogP contribution in [0.2, 0.25) is 5.02 Å². The molecular weight excluding hydrogens is 456 g/mol. The van der Waals surface area contributed by atoms with Gasteiger partial charge in [-0.05, 0) is 61.4 Å². The first kappa shape index (κ1) is 21.9. The standard InChI is InChI=1S/C25H21ClN4O4/c26-18-5-3-16(4-6-18)21-8-7-19(33-21)15-28-23(31)17-9-11-30(12-10-17)25-20(14-27)29-24(34-25)22-2-1-13-32-22/h1-8,13,17H,9-12,15H2,(H,28,31). The van der Waals surface area contributed by atoms with Gasteiger partial charge in [-0.15, -0.1) is 0 Å². The van der Waals surface area contributed by atoms with Crippen molar-refractivity contribution in [2.45, 2.75) is 19.4 Å². The Labute approximate surface area is 200 Å². The Kier molecular flexibility index (Phi) is 6.11. The van der Waals surface area contributed by atoms with Crippen LogP contribution in [0.1, 0.15) is 24.3 Å². The molecule has 172 valence electrons. The van der Waals surface area contributed by atoms with Crippen LogP contribution in [0.25, 0.3) is 23.0 Å². The van der Waals surface area contributed by atoms with Crippen molar-refractivity contribution in [2.75, 3.05) is 18.0 Å². The molecule has 8 nitrogen and oxygen atoms in total. The number of piperidine rings is 1. The molecule has 1 N–H and O–H groups in total. The van der Waals surface area contributed by atoms with E-state index in [1.807, 2.05) is 41.3 Å². The highest BCUT2D eigenvalue weighted by Gasteiger charge is 2.29. The van der Waals surface area contributed by atoms with Crippen molar-refractivity contribution < 1.29 is 18.0 Å². The fraction of sp³-hybridized carbons (Fsp3) is 0.240. The minimum atomic E-state index is -0.125. The van der Waals surface area contributed by atoms with E-state index in [-0.39, 0.29) is 23.4 Å². The number of benzene rings is 1. The van der Waals surface area contributed by atoms with E-state index in [1.54, 1.807) is 12.1 Å². The average Bonchev–Trinajstić information content (AvgIpc) is 3.63. The molecule has 4 aromatic rings. The third kappa shape index (κ3) is 4.56. The maximum atomic E-state index is 12.7. The Morgan fingerprint density at radius 3 is 2.62 bits per heavy atom. The molecule has 1 fully saturated rings. The maximum absolute atomic E-state index is 12.7. The summed E-state index contributed by atoms with van der Waals surface area (Å²) in [6.45, 7) is 1.49. The molecule has 4 heterocycles. The molecule has 0 bridgehead atoms. The number of carbonyl (C=O) groups is 1. The summed E-state index contributed by atoms with van der Waals surface area (Å²) in [6, 6.07) is 16.7. The second kappa shape index (κ2) is 9.49. The summed E-state index contributed by atoms with van der Waals surface area (Å²) in [5.74, 6) is 2.42. The zero-order valence-electron chi connectivity index (χ0n) is 18.2. The number of carbonyl (C=O) groups excluding carboxylic acids is 1. The maximum Gasteiger partial charge on any atom is 0.266 e. The number of furan rings is 2. The summed E-state index contributed by atoms with van der Waals surface area (Å²) in [7, 11) is 0. The number of oxazole rings is 1. The van der Waals surface area contributed by atoms with Gasteiger partial charge < -0.3 is 23.5 Å². The van der Waals surface area contributed by atoms with E-state index in [1.165, 1.54) is 6.26 Å². The summed E-state index contributed by atoms with van der Waals surface area (Å²) in [4.78, 5) is 18.9. The Morgan fingerprint density at radius 2 is 1.91 bits per heavy atom. The average molecular weight is 477 g/mol. The molecule has 1 aliphatic rings. The van der Waals surface area contributed by atoms with Crippen LogP contribution in [0.15, 0.2) is 68.0 Å². The van der Waals surface area contributed by atoms with Crippen molar-refractivity contribution in [2.24, 2.45) is 5.92 Å². The summed E-state index contributed by atoms with van der Waals surface area (Å²) in [5, 5.41) is 13.1.